The van der Waals surface area contributed by atoms with Crippen LogP contribution in [0.4, 0.5) is 0 Å². The first kappa shape index (κ1) is 15.9. The van der Waals surface area contributed by atoms with Gasteiger partial charge in [-0.15, -0.1) is 11.8 Å². The van der Waals surface area contributed by atoms with Gasteiger partial charge in [-0.2, -0.15) is 0 Å². The van der Waals surface area contributed by atoms with E-state index >= 15 is 0 Å². The second kappa shape index (κ2) is 5.46. The molecule has 0 aromatic carbocycles. The summed E-state index contributed by atoms with van der Waals surface area (Å²) in [4.78, 5) is 51.9. The highest BCUT2D eigenvalue weighted by Crippen LogP contribution is 2.20. The molecule has 0 bridgehead atoms. The van der Waals surface area contributed by atoms with E-state index in [1.54, 1.807) is 0 Å². The van der Waals surface area contributed by atoms with Crippen molar-refractivity contribution in [1.82, 2.24) is 0 Å². The molecule has 0 aromatic rings. The number of hydrogen-bond acceptors (Lipinski definition) is 9. The van der Waals surface area contributed by atoms with E-state index in [9.17, 15) is 0 Å². The molecule has 1 heterocycles. The summed E-state index contributed by atoms with van der Waals surface area (Å²) < 4.78 is 11.3. The summed E-state index contributed by atoms with van der Waals surface area (Å²) in [6, 6.07) is 0. The molecule has 1 fully saturated rings. The first-order valence-electron chi connectivity index (χ1n) is 3.82. The Bertz CT molecular complexity index is 240. The van der Waals surface area contributed by atoms with Crippen LogP contribution in [0.3, 0.4) is 0 Å². The molecule has 0 radical (unpaired) electrons. The van der Waals surface area contributed by atoms with Crippen molar-refractivity contribution in [1.29, 1.82) is 0 Å². The number of hydrogen-bond donors (Lipinski definition) is 6. The zero-order valence-electron chi connectivity index (χ0n) is 8.41. The highest BCUT2D eigenvalue weighted by molar-refractivity contribution is 6.79. The molecule has 6 N–H and O–H groups in total. The van der Waals surface area contributed by atoms with E-state index in [0.717, 1.165) is 0 Å². The zero-order valence-corrected chi connectivity index (χ0v) is 11.4. The lowest BCUT2D eigenvalue weighted by atomic mass is 10.7. The van der Waals surface area contributed by atoms with Crippen LogP contribution in [0.15, 0.2) is 0 Å². The summed E-state index contributed by atoms with van der Waals surface area (Å²) in [5.41, 5.74) is 0. The highest BCUT2D eigenvalue weighted by atomic mass is 28.6. The molecular weight excluding hydrogens is 276 g/mol. The van der Waals surface area contributed by atoms with Gasteiger partial charge in [0.25, 0.3) is 0 Å². The van der Waals surface area contributed by atoms with Crippen LogP contribution in [0, 0.1) is 11.8 Å². The molecule has 0 unspecified atom stereocenters. The fraction of sp³-hybridized carbons (Fsp3) is 0.500. The molecule has 9 nitrogen and oxygen atoms in total. The predicted octanol–water partition coefficient (Wildman–Crippen LogP) is -3.66. The third-order valence-electron chi connectivity index (χ3n) is 1.05. The molecule has 94 valence electrons. The van der Waals surface area contributed by atoms with Crippen molar-refractivity contribution in [2.45, 2.75) is 13.8 Å². The highest BCUT2D eigenvalue weighted by Gasteiger charge is 2.67. The predicted molar refractivity (Wildman–Crippen MR) is 53.0 cm³/mol. The zero-order chi connectivity index (χ0) is 13.0. The first-order chi connectivity index (χ1) is 7.04. The van der Waals surface area contributed by atoms with Gasteiger partial charge in [0, 0.05) is 0 Å². The van der Waals surface area contributed by atoms with Crippen molar-refractivity contribution in [2.24, 2.45) is 0 Å². The van der Waals surface area contributed by atoms with Gasteiger partial charge in [0.05, 0.1) is 0 Å². The van der Waals surface area contributed by atoms with E-state index in [1.165, 1.54) is 0 Å². The van der Waals surface area contributed by atoms with E-state index in [0.29, 0.717) is 0 Å². The fourth-order valence-electron chi connectivity index (χ4n) is 0.582. The molecule has 0 saturated carbocycles. The van der Waals surface area contributed by atoms with E-state index in [1.807, 2.05) is 13.8 Å². The van der Waals surface area contributed by atoms with Gasteiger partial charge >= 0.3 is 27.1 Å². The Morgan fingerprint density at radius 2 is 0.812 bits per heavy atom. The van der Waals surface area contributed by atoms with Crippen LogP contribution >= 0.6 is 0 Å². The summed E-state index contributed by atoms with van der Waals surface area (Å²) in [5, 5.41) is 0. The van der Waals surface area contributed by atoms with E-state index in [-0.39, 0.29) is 0 Å². The average Bonchev–Trinajstić information content (AvgIpc) is 1.95. The third kappa shape index (κ3) is 6.44. The summed E-state index contributed by atoms with van der Waals surface area (Å²) in [5.74, 6) is 5.36. The van der Waals surface area contributed by atoms with Crippen molar-refractivity contribution >= 4 is 27.1 Å². The summed E-state index contributed by atoms with van der Waals surface area (Å²) in [6.45, 7) is 3.64. The second-order valence-electron chi connectivity index (χ2n) is 2.45. The maximum atomic E-state index is 8.65. The molecule has 12 heteroatoms. The Morgan fingerprint density at radius 1 is 0.625 bits per heavy atom. The maximum absolute atomic E-state index is 8.65. The minimum atomic E-state index is -4.86. The largest absolute Gasteiger partial charge is 0.662 e. The molecule has 16 heavy (non-hydrogen) atoms. The van der Waals surface area contributed by atoms with Crippen LogP contribution in [0.25, 0.3) is 0 Å². The monoisotopic (exact) mass is 288 g/mol. The Hall–Kier alpha value is -0.149. The summed E-state index contributed by atoms with van der Waals surface area (Å²) >= 11 is 0. The van der Waals surface area contributed by atoms with Crippen LogP contribution < -0.4 is 0 Å². The molecule has 0 aromatic heterocycles. The standard InChI is InChI=1S/C4H6.H6O9Si3/c1-3-4-2;1-10(2)7-11(3,4)9-12(5,6)8-10/h1-2H3;1-6H. The van der Waals surface area contributed by atoms with E-state index in [4.69, 9.17) is 28.8 Å². The topological polar surface area (TPSA) is 149 Å². The van der Waals surface area contributed by atoms with Gasteiger partial charge in [0.2, 0.25) is 0 Å². The summed E-state index contributed by atoms with van der Waals surface area (Å²) in [7, 11) is -14.6. The van der Waals surface area contributed by atoms with Gasteiger partial charge in [-0.25, -0.2) is 0 Å². The Kier molecular flexibility index (Phi) is 5.41. The van der Waals surface area contributed by atoms with Crippen LogP contribution in [0.1, 0.15) is 13.8 Å². The van der Waals surface area contributed by atoms with Gasteiger partial charge in [-0.05, 0) is 13.8 Å². The molecular formula is C4H12O9Si3. The Labute approximate surface area is 94.6 Å². The van der Waals surface area contributed by atoms with E-state index in [2.05, 4.69) is 24.2 Å². The lowest BCUT2D eigenvalue weighted by molar-refractivity contribution is -0.0465. The minimum absolute atomic E-state index is 1.82. The van der Waals surface area contributed by atoms with Gasteiger partial charge < -0.3 is 41.1 Å². The summed E-state index contributed by atoms with van der Waals surface area (Å²) in [6.07, 6.45) is 0. The third-order valence-corrected chi connectivity index (χ3v) is 7.43. The van der Waals surface area contributed by atoms with Crippen molar-refractivity contribution < 1.29 is 41.1 Å². The lowest BCUT2D eigenvalue weighted by Gasteiger charge is -2.34. The SMILES string of the molecule is CC#CC.O[Si]1(O)O[Si](O)(O)O[Si](O)(O)O1. The smallest absolute Gasteiger partial charge is 0.368 e. The Balaban J connectivity index is 0.000000487. The molecule has 0 atom stereocenters. The van der Waals surface area contributed by atoms with E-state index < -0.39 is 27.1 Å². The van der Waals surface area contributed by atoms with Crippen LogP contribution in [-0.4, -0.2) is 55.9 Å². The van der Waals surface area contributed by atoms with Crippen molar-refractivity contribution in [2.75, 3.05) is 0 Å². The minimum Gasteiger partial charge on any atom is -0.368 e. The van der Waals surface area contributed by atoms with Gasteiger partial charge in [0.1, 0.15) is 0 Å². The van der Waals surface area contributed by atoms with Gasteiger partial charge in [-0.3, -0.25) is 0 Å². The average molecular weight is 288 g/mol. The first-order valence-corrected chi connectivity index (χ1v) is 8.95. The normalized spacial score (nSPS) is 24.5. The van der Waals surface area contributed by atoms with Crippen molar-refractivity contribution in [3.05, 3.63) is 0 Å². The molecule has 0 amide bonds. The van der Waals surface area contributed by atoms with Crippen LogP contribution in [0.5, 0.6) is 0 Å². The number of rotatable bonds is 0. The molecule has 0 aliphatic carbocycles. The quantitative estimate of drug-likeness (QED) is 0.196. The van der Waals surface area contributed by atoms with Crippen molar-refractivity contribution in [3.8, 4) is 11.8 Å². The van der Waals surface area contributed by atoms with Gasteiger partial charge in [0.15, 0.2) is 0 Å². The maximum Gasteiger partial charge on any atom is 0.662 e. The van der Waals surface area contributed by atoms with Crippen LogP contribution in [0.2, 0.25) is 0 Å². The Morgan fingerprint density at radius 3 is 0.938 bits per heavy atom. The second-order valence-corrected chi connectivity index (χ2v) is 8.19. The fourth-order valence-corrected chi connectivity index (χ4v) is 6.36. The molecule has 1 saturated heterocycles. The molecule has 1 aliphatic heterocycles. The lowest BCUT2D eigenvalue weighted by Crippen LogP contribution is -2.71. The van der Waals surface area contributed by atoms with Crippen LogP contribution in [-0.2, 0) is 12.3 Å². The molecule has 1 aliphatic rings. The van der Waals surface area contributed by atoms with Gasteiger partial charge in [-0.1, -0.05) is 0 Å². The molecule has 1 rings (SSSR count). The molecule has 0 spiro atoms. The van der Waals surface area contributed by atoms with Crippen molar-refractivity contribution in [3.63, 3.8) is 0 Å².